The van der Waals surface area contributed by atoms with Crippen LogP contribution in [0.3, 0.4) is 0 Å². The van der Waals surface area contributed by atoms with Gasteiger partial charge in [0.1, 0.15) is 12.1 Å². The van der Waals surface area contributed by atoms with Crippen molar-refractivity contribution in [2.75, 3.05) is 5.73 Å². The lowest BCUT2D eigenvalue weighted by Gasteiger charge is -2.00. The molecule has 0 aliphatic heterocycles. The van der Waals surface area contributed by atoms with E-state index in [1.54, 1.807) is 12.1 Å². The number of hydrogen-bond acceptors (Lipinski definition) is 4. The summed E-state index contributed by atoms with van der Waals surface area (Å²) < 4.78 is 0. The van der Waals surface area contributed by atoms with Crippen LogP contribution in [-0.4, -0.2) is 20.3 Å². The molecule has 4 N–H and O–H groups in total. The van der Waals surface area contributed by atoms with Crippen molar-refractivity contribution in [3.05, 3.63) is 24.5 Å². The fourth-order valence-corrected chi connectivity index (χ4v) is 1.08. The van der Waals surface area contributed by atoms with Crippen molar-refractivity contribution in [3.8, 4) is 17.1 Å². The molecule has 0 bridgehead atoms. The van der Waals surface area contributed by atoms with Crippen LogP contribution < -0.4 is 5.73 Å². The summed E-state index contributed by atoms with van der Waals surface area (Å²) in [5.74, 6) is 0.620. The number of hydrogen-bond donors (Lipinski definition) is 3. The van der Waals surface area contributed by atoms with Gasteiger partial charge in [0.05, 0.1) is 5.56 Å². The number of nitrogen functional groups attached to an aromatic ring is 1. The number of aromatic nitrogens is 3. The van der Waals surface area contributed by atoms with E-state index in [-0.39, 0.29) is 5.75 Å². The minimum absolute atomic E-state index is 0.0942. The summed E-state index contributed by atoms with van der Waals surface area (Å²) in [6, 6.07) is 4.85. The standard InChI is InChI=1S/C8H8N4O/c9-5-1-2-6(7(13)3-5)8-10-4-11-12-8/h1-4,13H,9H2,(H,10,11,12). The Balaban J connectivity index is 2.53. The van der Waals surface area contributed by atoms with Gasteiger partial charge >= 0.3 is 0 Å². The lowest BCUT2D eigenvalue weighted by Crippen LogP contribution is -1.86. The number of phenols is 1. The van der Waals surface area contributed by atoms with Gasteiger partial charge in [-0.15, -0.1) is 0 Å². The predicted octanol–water partition coefficient (Wildman–Crippen LogP) is 0.759. The number of nitrogens with zero attached hydrogens (tertiary/aromatic N) is 2. The van der Waals surface area contributed by atoms with Gasteiger partial charge in [0.15, 0.2) is 5.82 Å². The number of nitrogens with one attached hydrogen (secondary N) is 1. The fourth-order valence-electron chi connectivity index (χ4n) is 1.08. The molecule has 0 aliphatic rings. The van der Waals surface area contributed by atoms with Gasteiger partial charge in [-0.2, -0.15) is 5.10 Å². The van der Waals surface area contributed by atoms with Crippen LogP contribution in [0.2, 0.25) is 0 Å². The van der Waals surface area contributed by atoms with Gasteiger partial charge in [0.2, 0.25) is 0 Å². The monoisotopic (exact) mass is 176 g/mol. The molecular weight excluding hydrogens is 168 g/mol. The molecule has 0 amide bonds. The van der Waals surface area contributed by atoms with Crippen LogP contribution >= 0.6 is 0 Å². The number of phenolic OH excluding ortho intramolecular Hbond substituents is 1. The molecule has 66 valence electrons. The molecule has 0 saturated carbocycles. The summed E-state index contributed by atoms with van der Waals surface area (Å²) in [6.45, 7) is 0. The Kier molecular flexibility index (Phi) is 1.63. The van der Waals surface area contributed by atoms with E-state index in [0.29, 0.717) is 17.1 Å². The molecule has 0 fully saturated rings. The Morgan fingerprint density at radius 1 is 1.38 bits per heavy atom. The summed E-state index contributed by atoms with van der Waals surface area (Å²) in [7, 11) is 0. The van der Waals surface area contributed by atoms with Gasteiger partial charge in [-0.25, -0.2) is 4.98 Å². The van der Waals surface area contributed by atoms with Crippen molar-refractivity contribution in [3.63, 3.8) is 0 Å². The number of H-pyrrole nitrogens is 1. The Labute approximate surface area is 74.2 Å². The fraction of sp³-hybridized carbons (Fsp3) is 0. The molecule has 2 rings (SSSR count). The smallest absolute Gasteiger partial charge is 0.159 e. The summed E-state index contributed by atoms with van der Waals surface area (Å²) in [6.07, 6.45) is 1.38. The first kappa shape index (κ1) is 7.60. The highest BCUT2D eigenvalue weighted by molar-refractivity contribution is 5.66. The molecule has 0 saturated heterocycles. The van der Waals surface area contributed by atoms with E-state index in [1.807, 2.05) is 0 Å². The molecule has 0 aliphatic carbocycles. The van der Waals surface area contributed by atoms with Crippen molar-refractivity contribution >= 4 is 5.69 Å². The van der Waals surface area contributed by atoms with Gasteiger partial charge in [-0.3, -0.25) is 5.10 Å². The van der Waals surface area contributed by atoms with Crippen LogP contribution in [0.1, 0.15) is 0 Å². The summed E-state index contributed by atoms with van der Waals surface area (Å²) in [5.41, 5.74) is 6.58. The molecule has 1 heterocycles. The number of anilines is 1. The van der Waals surface area contributed by atoms with Crippen molar-refractivity contribution < 1.29 is 5.11 Å². The van der Waals surface area contributed by atoms with Crippen molar-refractivity contribution in [2.45, 2.75) is 0 Å². The molecule has 0 unspecified atom stereocenters. The van der Waals surface area contributed by atoms with Gasteiger partial charge in [0, 0.05) is 11.8 Å². The first-order chi connectivity index (χ1) is 6.27. The van der Waals surface area contributed by atoms with Crippen molar-refractivity contribution in [1.29, 1.82) is 0 Å². The van der Waals surface area contributed by atoms with E-state index < -0.39 is 0 Å². The number of benzene rings is 1. The highest BCUT2D eigenvalue weighted by Gasteiger charge is 2.05. The van der Waals surface area contributed by atoms with Crippen LogP contribution in [-0.2, 0) is 0 Å². The normalized spacial score (nSPS) is 10.2. The van der Waals surface area contributed by atoms with Crippen LogP contribution in [0.25, 0.3) is 11.4 Å². The largest absolute Gasteiger partial charge is 0.507 e. The number of rotatable bonds is 1. The average molecular weight is 176 g/mol. The lowest BCUT2D eigenvalue weighted by molar-refractivity contribution is 0.477. The minimum Gasteiger partial charge on any atom is -0.507 e. The van der Waals surface area contributed by atoms with Gasteiger partial charge in [0.25, 0.3) is 0 Å². The van der Waals surface area contributed by atoms with Gasteiger partial charge in [-0.1, -0.05) is 0 Å². The van der Waals surface area contributed by atoms with Crippen LogP contribution in [0, 0.1) is 0 Å². The van der Waals surface area contributed by atoms with E-state index in [9.17, 15) is 5.11 Å². The maximum Gasteiger partial charge on any atom is 0.159 e. The van der Waals surface area contributed by atoms with Crippen molar-refractivity contribution in [1.82, 2.24) is 15.2 Å². The molecule has 5 nitrogen and oxygen atoms in total. The Morgan fingerprint density at radius 3 is 2.85 bits per heavy atom. The predicted molar refractivity (Wildman–Crippen MR) is 47.9 cm³/mol. The van der Waals surface area contributed by atoms with E-state index in [2.05, 4.69) is 15.2 Å². The summed E-state index contributed by atoms with van der Waals surface area (Å²) >= 11 is 0. The quantitative estimate of drug-likeness (QED) is 0.560. The van der Waals surface area contributed by atoms with E-state index >= 15 is 0 Å². The number of nitrogens with two attached hydrogens (primary N) is 1. The third-order valence-corrected chi connectivity index (χ3v) is 1.69. The molecule has 5 heteroatoms. The zero-order valence-electron chi connectivity index (χ0n) is 6.73. The maximum absolute atomic E-state index is 9.50. The van der Waals surface area contributed by atoms with Gasteiger partial charge < -0.3 is 10.8 Å². The molecule has 0 spiro atoms. The second-order valence-electron chi connectivity index (χ2n) is 2.61. The molecule has 0 radical (unpaired) electrons. The zero-order valence-corrected chi connectivity index (χ0v) is 6.73. The number of aromatic hydroxyl groups is 1. The molecular formula is C8H8N4O. The van der Waals surface area contributed by atoms with Crippen LogP contribution in [0.15, 0.2) is 24.5 Å². The second kappa shape index (κ2) is 2.78. The summed E-state index contributed by atoms with van der Waals surface area (Å²) in [4.78, 5) is 3.91. The first-order valence-electron chi connectivity index (χ1n) is 3.71. The van der Waals surface area contributed by atoms with Crippen molar-refractivity contribution in [2.24, 2.45) is 0 Å². The molecule has 1 aromatic carbocycles. The zero-order chi connectivity index (χ0) is 9.26. The van der Waals surface area contributed by atoms with E-state index in [1.165, 1.54) is 12.4 Å². The first-order valence-corrected chi connectivity index (χ1v) is 3.71. The Hall–Kier alpha value is -2.04. The maximum atomic E-state index is 9.50. The van der Waals surface area contributed by atoms with Crippen LogP contribution in [0.4, 0.5) is 5.69 Å². The summed E-state index contributed by atoms with van der Waals surface area (Å²) in [5, 5.41) is 15.8. The molecule has 1 aromatic heterocycles. The van der Waals surface area contributed by atoms with Crippen LogP contribution in [0.5, 0.6) is 5.75 Å². The van der Waals surface area contributed by atoms with E-state index in [0.717, 1.165) is 0 Å². The van der Waals surface area contributed by atoms with E-state index in [4.69, 9.17) is 5.73 Å². The number of aromatic amines is 1. The van der Waals surface area contributed by atoms with Gasteiger partial charge in [-0.05, 0) is 12.1 Å². The third-order valence-electron chi connectivity index (χ3n) is 1.69. The lowest BCUT2D eigenvalue weighted by atomic mass is 10.2. The third kappa shape index (κ3) is 1.31. The second-order valence-corrected chi connectivity index (χ2v) is 2.61. The Bertz CT molecular complexity index is 410. The molecule has 2 aromatic rings. The highest BCUT2D eigenvalue weighted by Crippen LogP contribution is 2.27. The SMILES string of the molecule is Nc1ccc(-c2ncn[nH]2)c(O)c1. The highest BCUT2D eigenvalue weighted by atomic mass is 16.3. The average Bonchev–Trinajstić information content (AvgIpc) is 2.56. The topological polar surface area (TPSA) is 87.8 Å². The molecule has 13 heavy (non-hydrogen) atoms. The molecule has 0 atom stereocenters. The Morgan fingerprint density at radius 2 is 2.23 bits per heavy atom. The minimum atomic E-state index is 0.0942.